The van der Waals surface area contributed by atoms with Gasteiger partial charge >= 0.3 is 0 Å². The van der Waals surface area contributed by atoms with E-state index in [1.54, 1.807) is 43.0 Å². The van der Waals surface area contributed by atoms with Crippen molar-refractivity contribution in [2.24, 2.45) is 0 Å². The monoisotopic (exact) mass is 583 g/mol. The number of nitrogens with one attached hydrogen (secondary N) is 1. The number of pyridine rings is 1. The van der Waals surface area contributed by atoms with Gasteiger partial charge in [-0.25, -0.2) is 18.4 Å². The van der Waals surface area contributed by atoms with E-state index in [0.717, 1.165) is 11.1 Å². The first-order valence-corrected chi connectivity index (χ1v) is 14.3. The first-order chi connectivity index (χ1) is 19.6. The molecule has 3 aromatic heterocycles. The van der Waals surface area contributed by atoms with Crippen molar-refractivity contribution in [3.05, 3.63) is 66.0 Å². The molecule has 0 aliphatic rings. The predicted octanol–water partition coefficient (Wildman–Crippen LogP) is 3.02. The molecular formula is C27H33N7O6S. The highest BCUT2D eigenvalue weighted by Gasteiger charge is 2.36. The van der Waals surface area contributed by atoms with E-state index in [1.165, 1.54) is 32.6 Å². The molecule has 218 valence electrons. The molecule has 0 saturated carbocycles. The fourth-order valence-electron chi connectivity index (χ4n) is 4.07. The number of methoxy groups -OCH3 is 2. The summed E-state index contributed by atoms with van der Waals surface area (Å²) >= 11 is 0. The highest BCUT2D eigenvalue weighted by atomic mass is 32.2. The Morgan fingerprint density at radius 2 is 1.63 bits per heavy atom. The Hall–Kier alpha value is -4.14. The second kappa shape index (κ2) is 12.6. The molecule has 41 heavy (non-hydrogen) atoms. The van der Waals surface area contributed by atoms with E-state index < -0.39 is 27.5 Å². The smallest absolute Gasteiger partial charge is 0.243 e. The summed E-state index contributed by atoms with van der Waals surface area (Å²) in [7, 11) is -1.23. The molecule has 4 aromatic rings. The van der Waals surface area contributed by atoms with Crippen molar-refractivity contribution in [3.8, 4) is 28.6 Å². The molecule has 0 amide bonds. The van der Waals surface area contributed by atoms with Crippen LogP contribution >= 0.6 is 0 Å². The fourth-order valence-corrected chi connectivity index (χ4v) is 5.17. The molecule has 0 unspecified atom stereocenters. The third-order valence-corrected chi connectivity index (χ3v) is 7.84. The molecule has 0 fully saturated rings. The van der Waals surface area contributed by atoms with Crippen LogP contribution in [-0.4, -0.2) is 75.4 Å². The molecule has 3 heterocycles. The second-order valence-corrected chi connectivity index (χ2v) is 11.6. The van der Waals surface area contributed by atoms with E-state index in [9.17, 15) is 13.5 Å². The van der Waals surface area contributed by atoms with E-state index >= 15 is 0 Å². The SMILES string of the molecule is COc1cccc(OC)c1-n1c(NS(=O)(=O)[C@@H](C)[C@H](OC[C@H](C)O)c2ncc(C)cn2)nnc1-c1cncc(C)c1. The van der Waals surface area contributed by atoms with Gasteiger partial charge in [-0.15, -0.1) is 10.2 Å². The van der Waals surface area contributed by atoms with Gasteiger partial charge < -0.3 is 19.3 Å². The number of para-hydroxylation sites is 1. The Kier molecular flexibility index (Phi) is 9.15. The van der Waals surface area contributed by atoms with Crippen LogP contribution in [0.3, 0.4) is 0 Å². The summed E-state index contributed by atoms with van der Waals surface area (Å²) in [5.74, 6) is 1.14. The number of aliphatic hydroxyl groups is 1. The van der Waals surface area contributed by atoms with Crippen LogP contribution in [0.1, 0.15) is 36.9 Å². The van der Waals surface area contributed by atoms with E-state index in [2.05, 4.69) is 29.9 Å². The summed E-state index contributed by atoms with van der Waals surface area (Å²) in [6, 6.07) is 7.03. The van der Waals surface area contributed by atoms with Gasteiger partial charge in [-0.2, -0.15) is 0 Å². The molecule has 13 nitrogen and oxygen atoms in total. The number of nitrogens with zero attached hydrogens (tertiary/aromatic N) is 6. The van der Waals surface area contributed by atoms with Gasteiger partial charge in [-0.3, -0.25) is 14.3 Å². The van der Waals surface area contributed by atoms with Crippen LogP contribution in [0.5, 0.6) is 11.5 Å². The maximum absolute atomic E-state index is 13.9. The summed E-state index contributed by atoms with van der Waals surface area (Å²) < 4.78 is 48.8. The Morgan fingerprint density at radius 1 is 0.976 bits per heavy atom. The number of aryl methyl sites for hydroxylation is 2. The number of aromatic nitrogens is 6. The molecule has 0 aliphatic heterocycles. The van der Waals surface area contributed by atoms with Crippen molar-refractivity contribution in [1.29, 1.82) is 0 Å². The number of anilines is 1. The van der Waals surface area contributed by atoms with Crippen LogP contribution < -0.4 is 14.2 Å². The van der Waals surface area contributed by atoms with Crippen LogP contribution in [-0.2, 0) is 14.8 Å². The second-order valence-electron chi connectivity index (χ2n) is 9.52. The number of rotatable bonds is 12. The molecule has 0 radical (unpaired) electrons. The highest BCUT2D eigenvalue weighted by molar-refractivity contribution is 7.93. The molecule has 0 saturated heterocycles. The lowest BCUT2D eigenvalue weighted by atomic mass is 10.2. The lowest BCUT2D eigenvalue weighted by Gasteiger charge is -2.24. The van der Waals surface area contributed by atoms with E-state index in [1.807, 2.05) is 19.9 Å². The van der Waals surface area contributed by atoms with Crippen LogP contribution in [0.4, 0.5) is 5.95 Å². The topological polar surface area (TPSA) is 163 Å². The number of benzene rings is 1. The minimum atomic E-state index is -4.22. The number of aliphatic hydroxyl groups excluding tert-OH is 1. The average molecular weight is 584 g/mol. The number of hydrogen-bond donors (Lipinski definition) is 2. The standard InChI is InChI=1S/C27H33N7O6S/c1-16-10-20(14-28-11-16)26-31-32-27(34(26)23-21(38-5)8-7-9-22(23)39-6)33-41(36,37)19(4)24(40-15-18(3)35)25-29-12-17(2)13-30-25/h7-14,18-19,24,35H,15H2,1-6H3,(H,32,33)/t18-,19-,24-/m0/s1. The van der Waals surface area contributed by atoms with Gasteiger partial charge in [-0.1, -0.05) is 6.07 Å². The number of hydrogen-bond acceptors (Lipinski definition) is 11. The van der Waals surface area contributed by atoms with Crippen molar-refractivity contribution >= 4 is 16.0 Å². The lowest BCUT2D eigenvalue weighted by Crippen LogP contribution is -2.35. The molecule has 0 bridgehead atoms. The summed E-state index contributed by atoms with van der Waals surface area (Å²) in [5.41, 5.74) is 2.65. The lowest BCUT2D eigenvalue weighted by molar-refractivity contribution is -0.00765. The van der Waals surface area contributed by atoms with E-state index in [-0.39, 0.29) is 18.4 Å². The van der Waals surface area contributed by atoms with Gasteiger partial charge in [0, 0.05) is 30.4 Å². The molecule has 2 N–H and O–H groups in total. The molecule has 3 atom stereocenters. The van der Waals surface area contributed by atoms with Crippen LogP contribution in [0, 0.1) is 13.8 Å². The van der Waals surface area contributed by atoms with Gasteiger partial charge in [0.2, 0.25) is 16.0 Å². The summed E-state index contributed by atoms with van der Waals surface area (Å²) in [6.07, 6.45) is 4.50. The quantitative estimate of drug-likeness (QED) is 0.252. The van der Waals surface area contributed by atoms with Gasteiger partial charge in [0.15, 0.2) is 11.6 Å². The average Bonchev–Trinajstić information content (AvgIpc) is 3.35. The van der Waals surface area contributed by atoms with Crippen molar-refractivity contribution in [2.45, 2.75) is 45.2 Å². The summed E-state index contributed by atoms with van der Waals surface area (Å²) in [6.45, 7) is 6.58. The molecule has 14 heteroatoms. The van der Waals surface area contributed by atoms with Crippen LogP contribution in [0.2, 0.25) is 0 Å². The van der Waals surface area contributed by atoms with E-state index in [0.29, 0.717) is 28.6 Å². The molecular weight excluding hydrogens is 550 g/mol. The van der Waals surface area contributed by atoms with Crippen LogP contribution in [0.15, 0.2) is 49.1 Å². The number of ether oxygens (including phenoxy) is 3. The Morgan fingerprint density at radius 3 is 2.22 bits per heavy atom. The van der Waals surface area contributed by atoms with Crippen LogP contribution in [0.25, 0.3) is 17.1 Å². The summed E-state index contributed by atoms with van der Waals surface area (Å²) in [5, 5.41) is 17.1. The van der Waals surface area contributed by atoms with Gasteiger partial charge in [0.05, 0.1) is 26.9 Å². The normalized spacial score (nSPS) is 13.8. The van der Waals surface area contributed by atoms with Gasteiger partial charge in [0.25, 0.3) is 0 Å². The first-order valence-electron chi connectivity index (χ1n) is 12.7. The van der Waals surface area contributed by atoms with Crippen molar-refractivity contribution in [1.82, 2.24) is 29.7 Å². The predicted molar refractivity (Wildman–Crippen MR) is 152 cm³/mol. The molecule has 1 aromatic carbocycles. The largest absolute Gasteiger partial charge is 0.494 e. The Labute approximate surface area is 238 Å². The maximum Gasteiger partial charge on any atom is 0.243 e. The fraction of sp³-hybridized carbons (Fsp3) is 0.370. The highest BCUT2D eigenvalue weighted by Crippen LogP contribution is 2.38. The number of sulfonamides is 1. The minimum absolute atomic E-state index is 0.116. The zero-order chi connectivity index (χ0) is 29.7. The van der Waals surface area contributed by atoms with Crippen molar-refractivity contribution < 1.29 is 27.7 Å². The third-order valence-electron chi connectivity index (χ3n) is 6.14. The molecule has 0 spiro atoms. The van der Waals surface area contributed by atoms with E-state index in [4.69, 9.17) is 14.2 Å². The maximum atomic E-state index is 13.9. The Bertz CT molecular complexity index is 1570. The molecule has 0 aliphatic carbocycles. The molecule has 4 rings (SSSR count). The summed E-state index contributed by atoms with van der Waals surface area (Å²) in [4.78, 5) is 12.8. The zero-order valence-electron chi connectivity index (χ0n) is 23.6. The Balaban J connectivity index is 1.83. The van der Waals surface area contributed by atoms with Gasteiger partial charge in [-0.05, 0) is 57.0 Å². The zero-order valence-corrected chi connectivity index (χ0v) is 24.5. The third kappa shape index (κ3) is 6.61. The van der Waals surface area contributed by atoms with Gasteiger partial charge in [0.1, 0.15) is 28.5 Å². The van der Waals surface area contributed by atoms with Crippen molar-refractivity contribution in [3.63, 3.8) is 0 Å². The van der Waals surface area contributed by atoms with Crippen molar-refractivity contribution in [2.75, 3.05) is 25.5 Å². The first kappa shape index (κ1) is 29.8. The minimum Gasteiger partial charge on any atom is -0.494 e.